The first kappa shape index (κ1) is 21.1. The van der Waals surface area contributed by atoms with E-state index in [1.807, 2.05) is 0 Å². The largest absolute Gasteiger partial charge is 0.0622 e. The van der Waals surface area contributed by atoms with Crippen molar-refractivity contribution in [1.29, 1.82) is 0 Å². The van der Waals surface area contributed by atoms with Crippen LogP contribution >= 0.6 is 0 Å². The van der Waals surface area contributed by atoms with Crippen LogP contribution in [0, 0.1) is 27.7 Å². The van der Waals surface area contributed by atoms with Crippen molar-refractivity contribution in [3.63, 3.8) is 0 Å². The van der Waals surface area contributed by atoms with Gasteiger partial charge in [-0.25, -0.2) is 0 Å². The predicted octanol–water partition coefficient (Wildman–Crippen LogP) is 8.58. The Hall–Kier alpha value is -3.12. The maximum Gasteiger partial charge on any atom is 0.0147 e. The molecule has 0 aliphatic rings. The Morgan fingerprint density at radius 3 is 1.19 bits per heavy atom. The summed E-state index contributed by atoms with van der Waals surface area (Å²) < 4.78 is 0. The summed E-state index contributed by atoms with van der Waals surface area (Å²) in [6, 6.07) is 31.0. The molecule has 4 aromatic rings. The Bertz CT molecular complexity index is 1120. The van der Waals surface area contributed by atoms with Crippen molar-refractivity contribution in [3.8, 4) is 22.3 Å². The molecule has 31 heavy (non-hydrogen) atoms. The molecular weight excluding hydrogens is 372 g/mol. The summed E-state index contributed by atoms with van der Waals surface area (Å²) in [6.45, 7) is 13.6. The molecule has 4 rings (SSSR count). The van der Waals surface area contributed by atoms with Gasteiger partial charge in [-0.1, -0.05) is 86.6 Å². The first-order valence-corrected chi connectivity index (χ1v) is 11.1. The Morgan fingerprint density at radius 1 is 0.484 bits per heavy atom. The fourth-order valence-electron chi connectivity index (χ4n) is 4.44. The summed E-state index contributed by atoms with van der Waals surface area (Å²) in [6.07, 6.45) is 0. The molecule has 0 bridgehead atoms. The van der Waals surface area contributed by atoms with Gasteiger partial charge in [-0.2, -0.15) is 0 Å². The first-order chi connectivity index (χ1) is 14.8. The maximum absolute atomic E-state index is 2.40. The minimum atomic E-state index is -0.107. The Kier molecular flexibility index (Phi) is 5.58. The third-order valence-electron chi connectivity index (χ3n) is 6.95. The molecule has 0 amide bonds. The van der Waals surface area contributed by atoms with E-state index in [4.69, 9.17) is 0 Å². The zero-order chi connectivity index (χ0) is 22.2. The van der Waals surface area contributed by atoms with Crippen LogP contribution in [0.5, 0.6) is 0 Å². The molecule has 156 valence electrons. The third-order valence-corrected chi connectivity index (χ3v) is 6.95. The fraction of sp³-hybridized carbons (Fsp3) is 0.226. The van der Waals surface area contributed by atoms with Crippen molar-refractivity contribution in [1.82, 2.24) is 0 Å². The van der Waals surface area contributed by atoms with Crippen LogP contribution in [0.4, 0.5) is 0 Å². The van der Waals surface area contributed by atoms with Gasteiger partial charge in [0.05, 0.1) is 0 Å². The minimum absolute atomic E-state index is 0.107. The highest BCUT2D eigenvalue weighted by Crippen LogP contribution is 2.39. The molecule has 0 heteroatoms. The first-order valence-electron chi connectivity index (χ1n) is 11.1. The van der Waals surface area contributed by atoms with Crippen molar-refractivity contribution in [2.45, 2.75) is 47.0 Å². The van der Waals surface area contributed by atoms with Crippen LogP contribution < -0.4 is 0 Å². The van der Waals surface area contributed by atoms with Crippen molar-refractivity contribution < 1.29 is 0 Å². The molecule has 0 heterocycles. The molecule has 0 fully saturated rings. The molecule has 0 aliphatic carbocycles. The number of hydrogen-bond donors (Lipinski definition) is 0. The van der Waals surface area contributed by atoms with Gasteiger partial charge in [0, 0.05) is 5.41 Å². The molecule has 0 saturated heterocycles. The lowest BCUT2D eigenvalue weighted by molar-refractivity contribution is 0.639. The van der Waals surface area contributed by atoms with E-state index in [0.29, 0.717) is 0 Å². The Balaban J connectivity index is 1.88. The van der Waals surface area contributed by atoms with E-state index in [2.05, 4.69) is 126 Å². The summed E-state index contributed by atoms with van der Waals surface area (Å²) >= 11 is 0. The molecule has 0 aliphatic heterocycles. The average molecular weight is 405 g/mol. The summed E-state index contributed by atoms with van der Waals surface area (Å²) in [5.41, 5.74) is 13.2. The van der Waals surface area contributed by atoms with Crippen LogP contribution in [0.15, 0.2) is 84.9 Å². The average Bonchev–Trinajstić information content (AvgIpc) is 2.78. The van der Waals surface area contributed by atoms with Gasteiger partial charge in [0.25, 0.3) is 0 Å². The molecule has 0 aromatic heterocycles. The quantitative estimate of drug-likeness (QED) is 0.319. The number of hydrogen-bond acceptors (Lipinski definition) is 0. The highest BCUT2D eigenvalue weighted by molar-refractivity contribution is 5.72. The lowest BCUT2D eigenvalue weighted by atomic mass is 9.74. The second-order valence-corrected chi connectivity index (χ2v) is 9.29. The molecule has 4 aromatic carbocycles. The smallest absolute Gasteiger partial charge is 0.0147 e. The maximum atomic E-state index is 2.40. The van der Waals surface area contributed by atoms with Gasteiger partial charge in [0.1, 0.15) is 0 Å². The van der Waals surface area contributed by atoms with Gasteiger partial charge in [0.15, 0.2) is 0 Å². The SMILES string of the molecule is Cc1cc(C(C)(C)c2cc(C)c(C)c(-c3ccccc3)c2)cc(-c2ccccc2)c1C. The van der Waals surface area contributed by atoms with E-state index < -0.39 is 0 Å². The fourth-order valence-corrected chi connectivity index (χ4v) is 4.44. The number of aryl methyl sites for hydroxylation is 2. The van der Waals surface area contributed by atoms with Gasteiger partial charge in [-0.3, -0.25) is 0 Å². The zero-order valence-corrected chi connectivity index (χ0v) is 19.6. The van der Waals surface area contributed by atoms with Crippen molar-refractivity contribution in [2.75, 3.05) is 0 Å². The van der Waals surface area contributed by atoms with Gasteiger partial charge in [-0.05, 0) is 95.5 Å². The molecule has 0 unspecified atom stereocenters. The summed E-state index contributed by atoms with van der Waals surface area (Å²) in [5.74, 6) is 0. The lowest BCUT2D eigenvalue weighted by Gasteiger charge is -2.30. The zero-order valence-electron chi connectivity index (χ0n) is 19.6. The van der Waals surface area contributed by atoms with Crippen molar-refractivity contribution in [2.24, 2.45) is 0 Å². The van der Waals surface area contributed by atoms with Gasteiger partial charge in [0.2, 0.25) is 0 Å². The minimum Gasteiger partial charge on any atom is -0.0622 e. The van der Waals surface area contributed by atoms with Gasteiger partial charge >= 0.3 is 0 Å². The van der Waals surface area contributed by atoms with E-state index in [-0.39, 0.29) is 5.41 Å². The van der Waals surface area contributed by atoms with Gasteiger partial charge in [-0.15, -0.1) is 0 Å². The summed E-state index contributed by atoms with van der Waals surface area (Å²) in [4.78, 5) is 0. The predicted molar refractivity (Wildman–Crippen MR) is 135 cm³/mol. The highest BCUT2D eigenvalue weighted by atomic mass is 14.3. The molecule has 0 nitrogen and oxygen atoms in total. The Labute approximate surface area is 187 Å². The third kappa shape index (κ3) is 3.95. The monoisotopic (exact) mass is 404 g/mol. The van der Waals surface area contributed by atoms with E-state index in [1.165, 1.54) is 55.6 Å². The number of benzene rings is 4. The molecule has 0 N–H and O–H groups in total. The molecule has 0 saturated carbocycles. The van der Waals surface area contributed by atoms with Crippen molar-refractivity contribution >= 4 is 0 Å². The second kappa shape index (κ2) is 8.19. The highest BCUT2D eigenvalue weighted by Gasteiger charge is 2.26. The summed E-state index contributed by atoms with van der Waals surface area (Å²) in [5, 5.41) is 0. The van der Waals surface area contributed by atoms with E-state index in [1.54, 1.807) is 0 Å². The molecule has 0 atom stereocenters. The normalized spacial score (nSPS) is 11.5. The lowest BCUT2D eigenvalue weighted by Crippen LogP contribution is -2.20. The van der Waals surface area contributed by atoms with E-state index in [0.717, 1.165) is 0 Å². The van der Waals surface area contributed by atoms with E-state index in [9.17, 15) is 0 Å². The van der Waals surface area contributed by atoms with Crippen LogP contribution in [0.3, 0.4) is 0 Å². The molecular formula is C31H32. The van der Waals surface area contributed by atoms with Gasteiger partial charge < -0.3 is 0 Å². The molecule has 0 spiro atoms. The van der Waals surface area contributed by atoms with E-state index >= 15 is 0 Å². The van der Waals surface area contributed by atoms with Crippen molar-refractivity contribution in [3.05, 3.63) is 118 Å². The van der Waals surface area contributed by atoms with Crippen LogP contribution in [0.2, 0.25) is 0 Å². The van der Waals surface area contributed by atoms with Crippen LogP contribution in [0.25, 0.3) is 22.3 Å². The second-order valence-electron chi connectivity index (χ2n) is 9.29. The Morgan fingerprint density at radius 2 is 0.839 bits per heavy atom. The van der Waals surface area contributed by atoms with Crippen LogP contribution in [-0.2, 0) is 5.41 Å². The van der Waals surface area contributed by atoms with Crippen LogP contribution in [-0.4, -0.2) is 0 Å². The topological polar surface area (TPSA) is 0 Å². The standard InChI is InChI=1S/C31H32/c1-21-17-27(19-29(23(21)3)25-13-9-7-10-14-25)31(5,6)28-18-22(2)24(4)30(20-28)26-15-11-8-12-16-26/h7-20H,1-6H3. The van der Waals surface area contributed by atoms with Crippen LogP contribution in [0.1, 0.15) is 47.2 Å². The number of rotatable bonds is 4. The summed E-state index contributed by atoms with van der Waals surface area (Å²) in [7, 11) is 0. The molecule has 0 radical (unpaired) electrons.